The average Bonchev–Trinajstić information content (AvgIpc) is 2.90. The molecule has 0 amide bonds. The summed E-state index contributed by atoms with van der Waals surface area (Å²) in [6.45, 7) is 4.43. The molecule has 1 aromatic carbocycles. The highest BCUT2D eigenvalue weighted by Crippen LogP contribution is 2.13. The maximum Gasteiger partial charge on any atom is 0.103 e. The van der Waals surface area contributed by atoms with Gasteiger partial charge in [0, 0.05) is 18.5 Å². The summed E-state index contributed by atoms with van der Waals surface area (Å²) in [5.74, 6) is 1.07. The number of furan rings is 1. The molecule has 2 rings (SSSR count). The molecule has 0 fully saturated rings. The minimum absolute atomic E-state index is 0.387. The standard InChI is InChI=1S/C16H21NO/c1-13(10-11-16-9-6-12-18-16)17-14(2)15-7-4-3-5-8-15/h3-9,12-14,17H,10-11H2,1-2H3/t13?,14-/m0/s1. The van der Waals surface area contributed by atoms with Crippen molar-refractivity contribution >= 4 is 0 Å². The van der Waals surface area contributed by atoms with Crippen LogP contribution in [0.2, 0.25) is 0 Å². The van der Waals surface area contributed by atoms with Gasteiger partial charge in [0.2, 0.25) is 0 Å². The highest BCUT2D eigenvalue weighted by atomic mass is 16.3. The fraction of sp³-hybridized carbons (Fsp3) is 0.375. The van der Waals surface area contributed by atoms with Gasteiger partial charge in [0.05, 0.1) is 6.26 Å². The van der Waals surface area contributed by atoms with Gasteiger partial charge in [0.15, 0.2) is 0 Å². The van der Waals surface area contributed by atoms with Crippen molar-refractivity contribution in [2.45, 2.75) is 38.8 Å². The van der Waals surface area contributed by atoms with Gasteiger partial charge < -0.3 is 9.73 Å². The van der Waals surface area contributed by atoms with Gasteiger partial charge in [-0.1, -0.05) is 30.3 Å². The van der Waals surface area contributed by atoms with E-state index in [-0.39, 0.29) is 0 Å². The van der Waals surface area contributed by atoms with Gasteiger partial charge in [0.25, 0.3) is 0 Å². The van der Waals surface area contributed by atoms with Crippen molar-refractivity contribution in [3.05, 3.63) is 60.1 Å². The second kappa shape index (κ2) is 6.41. The number of rotatable bonds is 6. The first-order valence-electron chi connectivity index (χ1n) is 6.59. The zero-order chi connectivity index (χ0) is 12.8. The molecule has 0 saturated carbocycles. The molecule has 2 heteroatoms. The summed E-state index contributed by atoms with van der Waals surface area (Å²) in [6.07, 6.45) is 3.81. The third-order valence-corrected chi connectivity index (χ3v) is 3.24. The van der Waals surface area contributed by atoms with Crippen LogP contribution in [-0.2, 0) is 6.42 Å². The van der Waals surface area contributed by atoms with Crippen molar-refractivity contribution < 1.29 is 4.42 Å². The van der Waals surface area contributed by atoms with Crippen LogP contribution in [-0.4, -0.2) is 6.04 Å². The number of hydrogen-bond acceptors (Lipinski definition) is 2. The fourth-order valence-electron chi connectivity index (χ4n) is 2.16. The van der Waals surface area contributed by atoms with Crippen LogP contribution in [0.4, 0.5) is 0 Å². The summed E-state index contributed by atoms with van der Waals surface area (Å²) < 4.78 is 5.35. The molecule has 0 bridgehead atoms. The Bertz CT molecular complexity index is 435. The lowest BCUT2D eigenvalue weighted by Crippen LogP contribution is -2.29. The van der Waals surface area contributed by atoms with E-state index in [9.17, 15) is 0 Å². The topological polar surface area (TPSA) is 25.2 Å². The molecular formula is C16H21NO. The number of benzene rings is 1. The number of nitrogens with one attached hydrogen (secondary N) is 1. The van der Waals surface area contributed by atoms with E-state index in [4.69, 9.17) is 4.42 Å². The predicted octanol–water partition coefficient (Wildman–Crippen LogP) is 3.95. The predicted molar refractivity (Wildman–Crippen MR) is 74.5 cm³/mol. The van der Waals surface area contributed by atoms with Crippen LogP contribution in [0.1, 0.15) is 37.6 Å². The molecule has 2 nitrogen and oxygen atoms in total. The molecule has 0 spiro atoms. The van der Waals surface area contributed by atoms with E-state index < -0.39 is 0 Å². The first-order chi connectivity index (χ1) is 8.75. The first-order valence-corrected chi connectivity index (χ1v) is 6.59. The second-order valence-corrected chi connectivity index (χ2v) is 4.82. The van der Waals surface area contributed by atoms with Crippen molar-refractivity contribution in [2.24, 2.45) is 0 Å². The zero-order valence-corrected chi connectivity index (χ0v) is 11.1. The Morgan fingerprint density at radius 1 is 1.06 bits per heavy atom. The third kappa shape index (κ3) is 3.74. The van der Waals surface area contributed by atoms with Gasteiger partial charge in [-0.25, -0.2) is 0 Å². The third-order valence-electron chi connectivity index (χ3n) is 3.24. The number of aryl methyl sites for hydroxylation is 1. The Morgan fingerprint density at radius 2 is 1.83 bits per heavy atom. The molecule has 2 aromatic rings. The fourth-order valence-corrected chi connectivity index (χ4v) is 2.16. The summed E-state index contributed by atoms with van der Waals surface area (Å²) in [7, 11) is 0. The summed E-state index contributed by atoms with van der Waals surface area (Å²) in [6, 6.07) is 15.4. The Morgan fingerprint density at radius 3 is 2.50 bits per heavy atom. The second-order valence-electron chi connectivity index (χ2n) is 4.82. The van der Waals surface area contributed by atoms with Crippen molar-refractivity contribution in [1.82, 2.24) is 5.32 Å². The minimum atomic E-state index is 0.387. The average molecular weight is 243 g/mol. The Hall–Kier alpha value is -1.54. The van der Waals surface area contributed by atoms with Crippen LogP contribution in [0.5, 0.6) is 0 Å². The van der Waals surface area contributed by atoms with Gasteiger partial charge in [-0.3, -0.25) is 0 Å². The van der Waals surface area contributed by atoms with E-state index >= 15 is 0 Å². The smallest absolute Gasteiger partial charge is 0.103 e. The van der Waals surface area contributed by atoms with Gasteiger partial charge >= 0.3 is 0 Å². The summed E-state index contributed by atoms with van der Waals surface area (Å²) in [4.78, 5) is 0. The molecule has 0 radical (unpaired) electrons. The molecule has 0 aliphatic rings. The van der Waals surface area contributed by atoms with E-state index in [1.807, 2.05) is 12.1 Å². The maximum absolute atomic E-state index is 5.35. The Labute approximate surface area is 109 Å². The molecule has 1 unspecified atom stereocenters. The van der Waals surface area contributed by atoms with Crippen LogP contribution in [0.25, 0.3) is 0 Å². The first kappa shape index (κ1) is 12.9. The zero-order valence-electron chi connectivity index (χ0n) is 11.1. The highest BCUT2D eigenvalue weighted by molar-refractivity contribution is 5.18. The van der Waals surface area contributed by atoms with Crippen molar-refractivity contribution in [1.29, 1.82) is 0 Å². The lowest BCUT2D eigenvalue weighted by atomic mass is 10.1. The van der Waals surface area contributed by atoms with Crippen molar-refractivity contribution in [3.63, 3.8) is 0 Å². The van der Waals surface area contributed by atoms with Crippen molar-refractivity contribution in [3.8, 4) is 0 Å². The molecule has 1 aromatic heterocycles. The van der Waals surface area contributed by atoms with Crippen molar-refractivity contribution in [2.75, 3.05) is 0 Å². The van der Waals surface area contributed by atoms with E-state index in [1.165, 1.54) is 5.56 Å². The lowest BCUT2D eigenvalue weighted by molar-refractivity contribution is 0.430. The SMILES string of the molecule is CC(CCc1ccco1)N[C@@H](C)c1ccccc1. The normalized spacial score (nSPS) is 14.3. The Balaban J connectivity index is 1.78. The molecule has 2 atom stereocenters. The monoisotopic (exact) mass is 243 g/mol. The number of hydrogen-bond donors (Lipinski definition) is 1. The highest BCUT2D eigenvalue weighted by Gasteiger charge is 2.09. The van der Waals surface area contributed by atoms with E-state index in [2.05, 4.69) is 49.5 Å². The van der Waals surface area contributed by atoms with Crippen LogP contribution in [0.3, 0.4) is 0 Å². The molecule has 1 N–H and O–H groups in total. The molecular weight excluding hydrogens is 222 g/mol. The summed E-state index contributed by atoms with van der Waals surface area (Å²) in [5, 5.41) is 3.62. The largest absolute Gasteiger partial charge is 0.469 e. The molecule has 0 aliphatic carbocycles. The van der Waals surface area contributed by atoms with Crippen LogP contribution in [0, 0.1) is 0 Å². The van der Waals surface area contributed by atoms with Crippen LogP contribution >= 0.6 is 0 Å². The minimum Gasteiger partial charge on any atom is -0.469 e. The van der Waals surface area contributed by atoms with Crippen LogP contribution in [0.15, 0.2) is 53.1 Å². The molecule has 18 heavy (non-hydrogen) atoms. The summed E-state index contributed by atoms with van der Waals surface area (Å²) in [5.41, 5.74) is 1.34. The maximum atomic E-state index is 5.35. The molecule has 96 valence electrons. The van der Waals surface area contributed by atoms with Gasteiger partial charge in [0.1, 0.15) is 5.76 Å². The Kier molecular flexibility index (Phi) is 4.59. The van der Waals surface area contributed by atoms with E-state index in [1.54, 1.807) is 6.26 Å². The van der Waals surface area contributed by atoms with Gasteiger partial charge in [-0.2, -0.15) is 0 Å². The van der Waals surface area contributed by atoms with Gasteiger partial charge in [-0.05, 0) is 38.0 Å². The van der Waals surface area contributed by atoms with E-state index in [0.717, 1.165) is 18.6 Å². The molecule has 0 saturated heterocycles. The van der Waals surface area contributed by atoms with E-state index in [0.29, 0.717) is 12.1 Å². The van der Waals surface area contributed by atoms with Gasteiger partial charge in [-0.15, -0.1) is 0 Å². The summed E-state index contributed by atoms with van der Waals surface area (Å²) >= 11 is 0. The molecule has 0 aliphatic heterocycles. The molecule has 1 heterocycles. The quantitative estimate of drug-likeness (QED) is 0.831. The van der Waals surface area contributed by atoms with Crippen LogP contribution < -0.4 is 5.32 Å². The lowest BCUT2D eigenvalue weighted by Gasteiger charge is -2.20.